The number of nitrogens with two attached hydrogens (primary N) is 1. The molecule has 100 valence electrons. The standard InChI is InChI=1S/C16H19NO2/c17-15-9-7-14(8-10-15)13-18-11-4-12-19-16-5-2-1-3-6-16/h1-3,5-10H,4,11-13,17H2. The first-order valence-corrected chi connectivity index (χ1v) is 6.44. The predicted octanol–water partition coefficient (Wildman–Crippen LogP) is 3.25. The Bertz CT molecular complexity index is 468. The Morgan fingerprint density at radius 2 is 1.58 bits per heavy atom. The molecule has 3 heteroatoms. The van der Waals surface area contributed by atoms with E-state index in [4.69, 9.17) is 15.2 Å². The lowest BCUT2D eigenvalue weighted by atomic mass is 10.2. The molecule has 2 aromatic carbocycles. The van der Waals surface area contributed by atoms with E-state index in [1.54, 1.807) is 0 Å². The predicted molar refractivity (Wildman–Crippen MR) is 77.1 cm³/mol. The van der Waals surface area contributed by atoms with Gasteiger partial charge in [0.2, 0.25) is 0 Å². The molecule has 0 aliphatic carbocycles. The van der Waals surface area contributed by atoms with E-state index in [0.29, 0.717) is 19.8 Å². The smallest absolute Gasteiger partial charge is 0.119 e. The van der Waals surface area contributed by atoms with E-state index in [2.05, 4.69) is 0 Å². The Hall–Kier alpha value is -2.00. The Morgan fingerprint density at radius 3 is 2.32 bits per heavy atom. The second-order valence-electron chi connectivity index (χ2n) is 4.31. The van der Waals surface area contributed by atoms with Gasteiger partial charge in [0, 0.05) is 12.1 Å². The van der Waals surface area contributed by atoms with Gasteiger partial charge in [-0.3, -0.25) is 0 Å². The van der Waals surface area contributed by atoms with Gasteiger partial charge in [-0.2, -0.15) is 0 Å². The summed E-state index contributed by atoms with van der Waals surface area (Å²) < 4.78 is 11.2. The van der Waals surface area contributed by atoms with Crippen LogP contribution >= 0.6 is 0 Å². The average Bonchev–Trinajstić information content (AvgIpc) is 2.46. The lowest BCUT2D eigenvalue weighted by Gasteiger charge is -2.07. The van der Waals surface area contributed by atoms with Crippen LogP contribution in [0, 0.1) is 0 Å². The van der Waals surface area contributed by atoms with Crippen LogP contribution < -0.4 is 10.5 Å². The molecule has 0 heterocycles. The van der Waals surface area contributed by atoms with Crippen molar-refractivity contribution in [2.45, 2.75) is 13.0 Å². The number of nitrogen functional groups attached to an aromatic ring is 1. The molecule has 0 unspecified atom stereocenters. The maximum atomic E-state index is 5.62. The number of anilines is 1. The van der Waals surface area contributed by atoms with E-state index in [9.17, 15) is 0 Å². The first-order valence-electron chi connectivity index (χ1n) is 6.44. The van der Waals surface area contributed by atoms with Crippen molar-refractivity contribution in [1.29, 1.82) is 0 Å². The maximum Gasteiger partial charge on any atom is 0.119 e. The summed E-state index contributed by atoms with van der Waals surface area (Å²) in [6.45, 7) is 1.98. The monoisotopic (exact) mass is 257 g/mol. The number of rotatable bonds is 7. The summed E-state index contributed by atoms with van der Waals surface area (Å²) in [4.78, 5) is 0. The molecular weight excluding hydrogens is 238 g/mol. The second-order valence-corrected chi connectivity index (χ2v) is 4.31. The highest BCUT2D eigenvalue weighted by Crippen LogP contribution is 2.09. The topological polar surface area (TPSA) is 44.5 Å². The van der Waals surface area contributed by atoms with E-state index in [0.717, 1.165) is 23.4 Å². The van der Waals surface area contributed by atoms with E-state index >= 15 is 0 Å². The van der Waals surface area contributed by atoms with Gasteiger partial charge < -0.3 is 15.2 Å². The van der Waals surface area contributed by atoms with Crippen molar-refractivity contribution in [2.24, 2.45) is 0 Å². The largest absolute Gasteiger partial charge is 0.494 e. The number of hydrogen-bond acceptors (Lipinski definition) is 3. The molecule has 3 nitrogen and oxygen atoms in total. The molecule has 0 spiro atoms. The van der Waals surface area contributed by atoms with Gasteiger partial charge in [-0.1, -0.05) is 30.3 Å². The van der Waals surface area contributed by atoms with E-state index in [1.165, 1.54) is 0 Å². The first-order chi connectivity index (χ1) is 9.34. The van der Waals surface area contributed by atoms with Crippen LogP contribution in [0.2, 0.25) is 0 Å². The highest BCUT2D eigenvalue weighted by atomic mass is 16.5. The number of ether oxygens (including phenoxy) is 2. The Balaban J connectivity index is 1.56. The molecule has 0 aliphatic heterocycles. The minimum Gasteiger partial charge on any atom is -0.494 e. The summed E-state index contributed by atoms with van der Waals surface area (Å²) in [7, 11) is 0. The zero-order valence-corrected chi connectivity index (χ0v) is 10.9. The van der Waals surface area contributed by atoms with Gasteiger partial charge in [-0.15, -0.1) is 0 Å². The van der Waals surface area contributed by atoms with Crippen LogP contribution in [0.3, 0.4) is 0 Å². The van der Waals surface area contributed by atoms with E-state index in [-0.39, 0.29) is 0 Å². The fourth-order valence-electron chi connectivity index (χ4n) is 1.67. The summed E-state index contributed by atoms with van der Waals surface area (Å²) in [5.41, 5.74) is 7.53. The molecule has 0 fully saturated rings. The number of para-hydroxylation sites is 1. The fraction of sp³-hybridized carbons (Fsp3) is 0.250. The Morgan fingerprint density at radius 1 is 0.842 bits per heavy atom. The molecule has 0 aliphatic rings. The normalized spacial score (nSPS) is 10.3. The molecular formula is C16H19NO2. The van der Waals surface area contributed by atoms with Crippen molar-refractivity contribution in [2.75, 3.05) is 18.9 Å². The van der Waals surface area contributed by atoms with E-state index in [1.807, 2.05) is 54.6 Å². The molecule has 0 aromatic heterocycles. The van der Waals surface area contributed by atoms with Gasteiger partial charge in [0.25, 0.3) is 0 Å². The lowest BCUT2D eigenvalue weighted by molar-refractivity contribution is 0.107. The van der Waals surface area contributed by atoms with Crippen LogP contribution in [0.15, 0.2) is 54.6 Å². The molecule has 0 atom stereocenters. The van der Waals surface area contributed by atoms with Crippen LogP contribution in [0.4, 0.5) is 5.69 Å². The minimum atomic E-state index is 0.617. The van der Waals surface area contributed by atoms with Crippen molar-refractivity contribution >= 4 is 5.69 Å². The van der Waals surface area contributed by atoms with Gasteiger partial charge in [0.15, 0.2) is 0 Å². The van der Waals surface area contributed by atoms with Crippen molar-refractivity contribution in [3.63, 3.8) is 0 Å². The SMILES string of the molecule is Nc1ccc(COCCCOc2ccccc2)cc1. The summed E-state index contributed by atoms with van der Waals surface area (Å²) in [6.07, 6.45) is 0.879. The van der Waals surface area contributed by atoms with Crippen molar-refractivity contribution < 1.29 is 9.47 Å². The second kappa shape index (κ2) is 7.44. The molecule has 0 amide bonds. The summed E-state index contributed by atoms with van der Waals surface area (Å²) in [6, 6.07) is 17.5. The van der Waals surface area contributed by atoms with Crippen LogP contribution in [0.1, 0.15) is 12.0 Å². The highest BCUT2D eigenvalue weighted by Gasteiger charge is 1.95. The molecule has 2 N–H and O–H groups in total. The zero-order chi connectivity index (χ0) is 13.3. The van der Waals surface area contributed by atoms with Gasteiger partial charge in [0.05, 0.1) is 19.8 Å². The summed E-state index contributed by atoms with van der Waals surface area (Å²) >= 11 is 0. The third-order valence-electron chi connectivity index (χ3n) is 2.69. The molecule has 0 saturated carbocycles. The summed E-state index contributed by atoms with van der Waals surface area (Å²) in [5.74, 6) is 0.904. The Labute approximate surface area is 114 Å². The van der Waals surface area contributed by atoms with Gasteiger partial charge in [-0.25, -0.2) is 0 Å². The molecule has 19 heavy (non-hydrogen) atoms. The van der Waals surface area contributed by atoms with Crippen LogP contribution in [-0.2, 0) is 11.3 Å². The van der Waals surface area contributed by atoms with Crippen molar-refractivity contribution in [1.82, 2.24) is 0 Å². The van der Waals surface area contributed by atoms with Crippen molar-refractivity contribution in [3.8, 4) is 5.75 Å². The summed E-state index contributed by atoms with van der Waals surface area (Å²) in [5, 5.41) is 0. The van der Waals surface area contributed by atoms with Gasteiger partial charge in [-0.05, 0) is 29.8 Å². The average molecular weight is 257 g/mol. The molecule has 0 radical (unpaired) electrons. The lowest BCUT2D eigenvalue weighted by Crippen LogP contribution is -2.03. The highest BCUT2D eigenvalue weighted by molar-refractivity contribution is 5.39. The van der Waals surface area contributed by atoms with Gasteiger partial charge >= 0.3 is 0 Å². The van der Waals surface area contributed by atoms with Gasteiger partial charge in [0.1, 0.15) is 5.75 Å². The molecule has 2 rings (SSSR count). The fourth-order valence-corrected chi connectivity index (χ4v) is 1.67. The van der Waals surface area contributed by atoms with Crippen molar-refractivity contribution in [3.05, 3.63) is 60.2 Å². The van der Waals surface area contributed by atoms with E-state index < -0.39 is 0 Å². The minimum absolute atomic E-state index is 0.617. The molecule has 0 saturated heterocycles. The maximum absolute atomic E-state index is 5.62. The molecule has 0 bridgehead atoms. The third-order valence-corrected chi connectivity index (χ3v) is 2.69. The quantitative estimate of drug-likeness (QED) is 0.611. The Kier molecular flexibility index (Phi) is 5.26. The first kappa shape index (κ1) is 13.4. The molecule has 2 aromatic rings. The van der Waals surface area contributed by atoms with Crippen LogP contribution in [0.5, 0.6) is 5.75 Å². The van der Waals surface area contributed by atoms with Crippen LogP contribution in [0.25, 0.3) is 0 Å². The number of benzene rings is 2. The van der Waals surface area contributed by atoms with Crippen LogP contribution in [-0.4, -0.2) is 13.2 Å². The third kappa shape index (κ3) is 5.02. The number of hydrogen-bond donors (Lipinski definition) is 1. The zero-order valence-electron chi connectivity index (χ0n) is 10.9.